The second-order valence-corrected chi connectivity index (χ2v) is 11.2. The highest BCUT2D eigenvalue weighted by Crippen LogP contribution is 2.50. The van der Waals surface area contributed by atoms with Crippen LogP contribution in [0, 0.1) is 11.3 Å². The molecule has 1 aliphatic carbocycles. The average Bonchev–Trinajstić information content (AvgIpc) is 3.38. The maximum absolute atomic E-state index is 13.7. The van der Waals surface area contributed by atoms with Crippen LogP contribution >= 0.6 is 11.3 Å². The van der Waals surface area contributed by atoms with Crippen LogP contribution in [0.5, 0.6) is 0 Å². The summed E-state index contributed by atoms with van der Waals surface area (Å²) in [6.45, 7) is 0.402. The standard InChI is InChI=1S/C26H25F6N3O2S/c27-25(28,29)17-7-15(8-18(11-17)26(30,31)32)12-34-22(36)24(5-6-33-13-24)19(9-14-1-2-14)16-3-4-21-20(10-16)35-23(37)38-21/h3-4,7-8,10-11,14,19,33H,1-2,5-6,9,12-13H2,(H,34,36)(H,35,37). The smallest absolute Gasteiger partial charge is 0.351 e. The monoisotopic (exact) mass is 557 g/mol. The second kappa shape index (κ2) is 9.71. The lowest BCUT2D eigenvalue weighted by Gasteiger charge is -2.36. The molecule has 2 aliphatic rings. The minimum Gasteiger partial charge on any atom is -0.351 e. The Balaban J connectivity index is 1.45. The van der Waals surface area contributed by atoms with Crippen molar-refractivity contribution >= 4 is 27.5 Å². The number of aromatic nitrogens is 1. The molecule has 1 aliphatic heterocycles. The van der Waals surface area contributed by atoms with E-state index in [4.69, 9.17) is 0 Å². The number of thiazole rings is 1. The molecule has 0 bridgehead atoms. The van der Waals surface area contributed by atoms with Gasteiger partial charge in [-0.25, -0.2) is 0 Å². The quantitative estimate of drug-likeness (QED) is 0.321. The number of halogens is 6. The normalized spacial score (nSPS) is 21.1. The molecular weight excluding hydrogens is 532 g/mol. The summed E-state index contributed by atoms with van der Waals surface area (Å²) in [5, 5.41) is 5.88. The van der Waals surface area contributed by atoms with Crippen molar-refractivity contribution in [3.63, 3.8) is 0 Å². The minimum absolute atomic E-state index is 0.0737. The predicted molar refractivity (Wildman–Crippen MR) is 131 cm³/mol. The number of H-pyrrole nitrogens is 1. The summed E-state index contributed by atoms with van der Waals surface area (Å²) in [5.41, 5.74) is -2.52. The zero-order valence-corrected chi connectivity index (χ0v) is 20.9. The number of aromatic amines is 1. The van der Waals surface area contributed by atoms with E-state index in [0.29, 0.717) is 43.1 Å². The number of amides is 1. The Morgan fingerprint density at radius 3 is 2.32 bits per heavy atom. The highest BCUT2D eigenvalue weighted by molar-refractivity contribution is 7.16. The molecule has 12 heteroatoms. The zero-order chi connectivity index (χ0) is 27.3. The first-order chi connectivity index (χ1) is 17.8. The summed E-state index contributed by atoms with van der Waals surface area (Å²) in [7, 11) is 0. The van der Waals surface area contributed by atoms with Gasteiger partial charge in [0.05, 0.1) is 26.8 Å². The van der Waals surface area contributed by atoms with Crippen LogP contribution in [-0.4, -0.2) is 24.0 Å². The molecule has 0 radical (unpaired) electrons. The molecule has 2 fully saturated rings. The fourth-order valence-electron chi connectivity index (χ4n) is 5.39. The van der Waals surface area contributed by atoms with Gasteiger partial charge in [-0.2, -0.15) is 26.3 Å². The molecular formula is C26H25F6N3O2S. The molecule has 2 atom stereocenters. The summed E-state index contributed by atoms with van der Waals surface area (Å²) in [6, 6.07) is 6.95. The summed E-state index contributed by atoms with van der Waals surface area (Å²) in [4.78, 5) is 28.2. The number of alkyl halides is 6. The van der Waals surface area contributed by atoms with Gasteiger partial charge in [0.25, 0.3) is 0 Å². The van der Waals surface area contributed by atoms with Crippen molar-refractivity contribution in [3.8, 4) is 0 Å². The Hall–Kier alpha value is -2.86. The van der Waals surface area contributed by atoms with E-state index in [9.17, 15) is 35.9 Å². The van der Waals surface area contributed by atoms with Crippen molar-refractivity contribution < 1.29 is 31.1 Å². The van der Waals surface area contributed by atoms with Crippen LogP contribution < -0.4 is 15.5 Å². The van der Waals surface area contributed by atoms with E-state index in [1.165, 1.54) is 0 Å². The van der Waals surface area contributed by atoms with Gasteiger partial charge in [-0.15, -0.1) is 0 Å². The first-order valence-electron chi connectivity index (χ1n) is 12.3. The van der Waals surface area contributed by atoms with E-state index >= 15 is 0 Å². The Labute approximate surface area is 217 Å². The summed E-state index contributed by atoms with van der Waals surface area (Å²) < 4.78 is 80.5. The predicted octanol–water partition coefficient (Wildman–Crippen LogP) is 5.81. The lowest BCUT2D eigenvalue weighted by Crippen LogP contribution is -2.46. The van der Waals surface area contributed by atoms with Gasteiger partial charge in [-0.3, -0.25) is 9.59 Å². The number of hydrogen-bond acceptors (Lipinski definition) is 4. The molecule has 2 heterocycles. The number of hydrogen-bond donors (Lipinski definition) is 3. The van der Waals surface area contributed by atoms with E-state index < -0.39 is 41.3 Å². The van der Waals surface area contributed by atoms with E-state index in [2.05, 4.69) is 15.6 Å². The third-order valence-electron chi connectivity index (χ3n) is 7.52. The Morgan fingerprint density at radius 1 is 1.05 bits per heavy atom. The van der Waals surface area contributed by atoms with E-state index in [1.807, 2.05) is 18.2 Å². The van der Waals surface area contributed by atoms with Crippen molar-refractivity contribution in [2.24, 2.45) is 11.3 Å². The Morgan fingerprint density at radius 2 is 1.74 bits per heavy atom. The number of benzene rings is 2. The third-order valence-corrected chi connectivity index (χ3v) is 8.38. The largest absolute Gasteiger partial charge is 0.416 e. The molecule has 1 aromatic heterocycles. The van der Waals surface area contributed by atoms with Gasteiger partial charge < -0.3 is 15.6 Å². The molecule has 5 rings (SSSR count). The maximum Gasteiger partial charge on any atom is 0.416 e. The van der Waals surface area contributed by atoms with Gasteiger partial charge in [0.15, 0.2) is 0 Å². The molecule has 5 nitrogen and oxygen atoms in total. The molecule has 3 N–H and O–H groups in total. The summed E-state index contributed by atoms with van der Waals surface area (Å²) in [5.74, 6) is -0.233. The highest BCUT2D eigenvalue weighted by Gasteiger charge is 2.49. The van der Waals surface area contributed by atoms with Crippen molar-refractivity contribution in [2.75, 3.05) is 13.1 Å². The molecule has 0 spiro atoms. The maximum atomic E-state index is 13.7. The topological polar surface area (TPSA) is 74.0 Å². The van der Waals surface area contributed by atoms with Gasteiger partial charge in [-0.05, 0) is 72.7 Å². The molecule has 3 aromatic rings. The SMILES string of the molecule is O=C(NCc1cc(C(F)(F)F)cc(C(F)(F)F)c1)C1(C(CC2CC2)c2ccc3sc(=O)[nH]c3c2)CCNC1. The van der Waals surface area contributed by atoms with Crippen LogP contribution in [0.2, 0.25) is 0 Å². The van der Waals surface area contributed by atoms with Gasteiger partial charge in [0, 0.05) is 13.1 Å². The average molecular weight is 558 g/mol. The van der Waals surface area contributed by atoms with Gasteiger partial charge in [0.2, 0.25) is 5.91 Å². The number of rotatable bonds is 7. The van der Waals surface area contributed by atoms with Gasteiger partial charge in [-0.1, -0.05) is 30.2 Å². The minimum atomic E-state index is -4.97. The van der Waals surface area contributed by atoms with Crippen molar-refractivity contribution in [2.45, 2.75) is 50.5 Å². The lowest BCUT2D eigenvalue weighted by atomic mass is 9.68. The van der Waals surface area contributed by atoms with Crippen molar-refractivity contribution in [3.05, 3.63) is 68.3 Å². The molecule has 2 unspecified atom stereocenters. The number of carbonyl (C=O) groups is 1. The Kier molecular flexibility index (Phi) is 6.83. The molecule has 38 heavy (non-hydrogen) atoms. The third kappa shape index (κ3) is 5.47. The van der Waals surface area contributed by atoms with Gasteiger partial charge >= 0.3 is 17.2 Å². The number of fused-ring (bicyclic) bond motifs is 1. The first-order valence-corrected chi connectivity index (χ1v) is 13.1. The molecule has 204 valence electrons. The summed E-state index contributed by atoms with van der Waals surface area (Å²) in [6.07, 6.45) is -6.69. The van der Waals surface area contributed by atoms with Crippen LogP contribution in [0.4, 0.5) is 26.3 Å². The van der Waals surface area contributed by atoms with Crippen LogP contribution in [0.1, 0.15) is 53.9 Å². The molecule has 1 saturated carbocycles. The molecule has 2 aromatic carbocycles. The first kappa shape index (κ1) is 26.7. The summed E-state index contributed by atoms with van der Waals surface area (Å²) >= 11 is 1.08. The van der Waals surface area contributed by atoms with E-state index in [1.54, 1.807) is 0 Å². The molecule has 1 amide bonds. The zero-order valence-electron chi connectivity index (χ0n) is 20.1. The van der Waals surface area contributed by atoms with Crippen molar-refractivity contribution in [1.82, 2.24) is 15.6 Å². The Bertz CT molecular complexity index is 1370. The molecule has 1 saturated heterocycles. The van der Waals surface area contributed by atoms with Crippen LogP contribution in [0.3, 0.4) is 0 Å². The van der Waals surface area contributed by atoms with Crippen LogP contribution in [0.25, 0.3) is 10.2 Å². The van der Waals surface area contributed by atoms with Crippen LogP contribution in [-0.2, 0) is 23.7 Å². The number of nitrogens with one attached hydrogen (secondary N) is 3. The lowest BCUT2D eigenvalue weighted by molar-refractivity contribution is -0.143. The second-order valence-electron chi connectivity index (χ2n) is 10.2. The fourth-order valence-corrected chi connectivity index (χ4v) is 6.11. The van der Waals surface area contributed by atoms with Crippen molar-refractivity contribution in [1.29, 1.82) is 0 Å². The van der Waals surface area contributed by atoms with E-state index in [0.717, 1.165) is 40.9 Å². The number of carbonyl (C=O) groups excluding carboxylic acids is 1. The van der Waals surface area contributed by atoms with E-state index in [-0.39, 0.29) is 22.4 Å². The van der Waals surface area contributed by atoms with Gasteiger partial charge in [0.1, 0.15) is 0 Å². The highest BCUT2D eigenvalue weighted by atomic mass is 32.1. The van der Waals surface area contributed by atoms with Crippen LogP contribution in [0.15, 0.2) is 41.2 Å². The fraction of sp³-hybridized carbons (Fsp3) is 0.462.